The van der Waals surface area contributed by atoms with Crippen molar-refractivity contribution in [2.45, 2.75) is 39.0 Å². The summed E-state index contributed by atoms with van der Waals surface area (Å²) in [5.74, 6) is 2.95. The maximum absolute atomic E-state index is 5.72. The Morgan fingerprint density at radius 2 is 2.33 bits per heavy atom. The van der Waals surface area contributed by atoms with Crippen LogP contribution in [0.2, 0.25) is 0 Å². The molecule has 0 saturated heterocycles. The van der Waals surface area contributed by atoms with Crippen LogP contribution in [0.4, 0.5) is 10.8 Å². The Kier molecular flexibility index (Phi) is 4.69. The van der Waals surface area contributed by atoms with Gasteiger partial charge in [-0.05, 0) is 36.2 Å². The highest BCUT2D eigenvalue weighted by Gasteiger charge is 2.19. The summed E-state index contributed by atoms with van der Waals surface area (Å²) >= 11 is 1.38. The Labute approximate surface area is 113 Å². The van der Waals surface area contributed by atoms with Crippen LogP contribution in [-0.2, 0) is 0 Å². The quantitative estimate of drug-likeness (QED) is 0.860. The molecule has 2 atom stereocenters. The van der Waals surface area contributed by atoms with E-state index in [2.05, 4.69) is 16.6 Å². The van der Waals surface area contributed by atoms with E-state index < -0.39 is 0 Å². The summed E-state index contributed by atoms with van der Waals surface area (Å²) in [7, 11) is 1.63. The fourth-order valence-corrected chi connectivity index (χ4v) is 3.53. The minimum atomic E-state index is 0.483. The number of rotatable bonds is 5. The fraction of sp³-hybridized carbons (Fsp3) is 0.769. The normalized spacial score (nSPS) is 23.9. The molecule has 1 fully saturated rings. The fourth-order valence-electron chi connectivity index (χ4n) is 2.82. The molecule has 1 heterocycles. The first-order valence-corrected chi connectivity index (χ1v) is 7.51. The molecule has 0 aromatic carbocycles. The number of hydrogen-bond acceptors (Lipinski definition) is 5. The third-order valence-corrected chi connectivity index (χ3v) is 4.56. The zero-order chi connectivity index (χ0) is 13.0. The zero-order valence-corrected chi connectivity index (χ0v) is 12.1. The first kappa shape index (κ1) is 13.5. The number of aromatic nitrogens is 1. The molecule has 1 saturated carbocycles. The van der Waals surface area contributed by atoms with Gasteiger partial charge in [-0.25, -0.2) is 0 Å². The van der Waals surface area contributed by atoms with Crippen molar-refractivity contribution < 1.29 is 4.74 Å². The van der Waals surface area contributed by atoms with Crippen LogP contribution in [0.15, 0.2) is 0 Å². The average molecular weight is 269 g/mol. The van der Waals surface area contributed by atoms with Crippen molar-refractivity contribution in [1.82, 2.24) is 4.37 Å². The molecule has 2 unspecified atom stereocenters. The molecule has 0 bridgehead atoms. The molecule has 18 heavy (non-hydrogen) atoms. The molecule has 1 aromatic heterocycles. The van der Waals surface area contributed by atoms with E-state index in [1.54, 1.807) is 7.11 Å². The molecule has 102 valence electrons. The Morgan fingerprint density at radius 1 is 1.50 bits per heavy atom. The van der Waals surface area contributed by atoms with E-state index >= 15 is 0 Å². The van der Waals surface area contributed by atoms with E-state index in [0.717, 1.165) is 23.4 Å². The van der Waals surface area contributed by atoms with Gasteiger partial charge in [-0.3, -0.25) is 0 Å². The SMILES string of the molecule is COc1c(N)nsc1NCCC1CCCC(C)C1. The van der Waals surface area contributed by atoms with Gasteiger partial charge < -0.3 is 15.8 Å². The highest BCUT2D eigenvalue weighted by molar-refractivity contribution is 7.11. The molecule has 0 amide bonds. The van der Waals surface area contributed by atoms with Crippen LogP contribution in [0.25, 0.3) is 0 Å². The number of nitrogens with one attached hydrogen (secondary N) is 1. The van der Waals surface area contributed by atoms with Crippen LogP contribution in [-0.4, -0.2) is 18.0 Å². The first-order valence-electron chi connectivity index (χ1n) is 6.73. The largest absolute Gasteiger partial charge is 0.490 e. The summed E-state index contributed by atoms with van der Waals surface area (Å²) in [4.78, 5) is 0. The Bertz CT molecular complexity index is 380. The van der Waals surface area contributed by atoms with E-state index in [0.29, 0.717) is 11.6 Å². The summed E-state index contributed by atoms with van der Waals surface area (Å²) < 4.78 is 9.33. The average Bonchev–Trinajstić information content (AvgIpc) is 2.70. The van der Waals surface area contributed by atoms with Gasteiger partial charge in [0, 0.05) is 6.54 Å². The van der Waals surface area contributed by atoms with Gasteiger partial charge in [0.2, 0.25) is 0 Å². The Balaban J connectivity index is 1.77. The number of nitrogens with two attached hydrogens (primary N) is 1. The predicted octanol–water partition coefficient (Wildman–Crippen LogP) is 3.36. The monoisotopic (exact) mass is 269 g/mol. The second-order valence-electron chi connectivity index (χ2n) is 5.28. The maximum Gasteiger partial charge on any atom is 0.197 e. The molecule has 1 aliphatic carbocycles. The minimum absolute atomic E-state index is 0.483. The van der Waals surface area contributed by atoms with Crippen LogP contribution >= 0.6 is 11.5 Å². The lowest BCUT2D eigenvalue weighted by molar-refractivity contribution is 0.274. The van der Waals surface area contributed by atoms with Gasteiger partial charge in [0.15, 0.2) is 16.6 Å². The van der Waals surface area contributed by atoms with E-state index in [-0.39, 0.29) is 0 Å². The smallest absolute Gasteiger partial charge is 0.197 e. The molecule has 2 rings (SSSR count). The summed E-state index contributed by atoms with van der Waals surface area (Å²) in [6.07, 6.45) is 6.79. The van der Waals surface area contributed by atoms with Crippen LogP contribution in [0.1, 0.15) is 39.0 Å². The third-order valence-electron chi connectivity index (χ3n) is 3.76. The van der Waals surface area contributed by atoms with E-state index in [9.17, 15) is 0 Å². The van der Waals surface area contributed by atoms with Crippen molar-refractivity contribution in [2.24, 2.45) is 11.8 Å². The van der Waals surface area contributed by atoms with Crippen LogP contribution in [0.3, 0.4) is 0 Å². The van der Waals surface area contributed by atoms with Crippen molar-refractivity contribution in [2.75, 3.05) is 24.7 Å². The number of nitrogen functional groups attached to an aromatic ring is 1. The van der Waals surface area contributed by atoms with Gasteiger partial charge in [-0.1, -0.05) is 26.2 Å². The second-order valence-corrected chi connectivity index (χ2v) is 6.06. The molecule has 1 aromatic rings. The minimum Gasteiger partial charge on any atom is -0.490 e. The summed E-state index contributed by atoms with van der Waals surface area (Å²) in [6.45, 7) is 3.35. The molecule has 1 aliphatic rings. The molecule has 0 radical (unpaired) electrons. The van der Waals surface area contributed by atoms with Gasteiger partial charge >= 0.3 is 0 Å². The van der Waals surface area contributed by atoms with E-state index in [4.69, 9.17) is 10.5 Å². The van der Waals surface area contributed by atoms with Crippen molar-refractivity contribution in [3.05, 3.63) is 0 Å². The molecular formula is C13H23N3OS. The molecule has 3 N–H and O–H groups in total. The van der Waals surface area contributed by atoms with Gasteiger partial charge in [0.05, 0.1) is 7.11 Å². The maximum atomic E-state index is 5.72. The molecule has 0 aliphatic heterocycles. The highest BCUT2D eigenvalue weighted by Crippen LogP contribution is 2.35. The Hall–Kier alpha value is -0.970. The Morgan fingerprint density at radius 3 is 3.06 bits per heavy atom. The zero-order valence-electron chi connectivity index (χ0n) is 11.2. The molecular weight excluding hydrogens is 246 g/mol. The van der Waals surface area contributed by atoms with Crippen LogP contribution in [0, 0.1) is 11.8 Å². The number of anilines is 2. The van der Waals surface area contributed by atoms with Crippen molar-refractivity contribution in [3.8, 4) is 5.75 Å². The lowest BCUT2D eigenvalue weighted by Gasteiger charge is -2.26. The first-order chi connectivity index (χ1) is 8.70. The summed E-state index contributed by atoms with van der Waals surface area (Å²) in [5, 5.41) is 4.36. The third kappa shape index (κ3) is 3.28. The molecule has 0 spiro atoms. The number of methoxy groups -OCH3 is 1. The summed E-state index contributed by atoms with van der Waals surface area (Å²) in [5.41, 5.74) is 5.72. The number of hydrogen-bond donors (Lipinski definition) is 2. The van der Waals surface area contributed by atoms with E-state index in [1.165, 1.54) is 43.6 Å². The molecule has 5 heteroatoms. The second kappa shape index (κ2) is 6.27. The lowest BCUT2D eigenvalue weighted by atomic mass is 9.81. The van der Waals surface area contributed by atoms with Gasteiger partial charge in [0.1, 0.15) is 0 Å². The van der Waals surface area contributed by atoms with Gasteiger partial charge in [-0.2, -0.15) is 4.37 Å². The lowest BCUT2D eigenvalue weighted by Crippen LogP contribution is -2.16. The van der Waals surface area contributed by atoms with Crippen molar-refractivity contribution >= 4 is 22.4 Å². The van der Waals surface area contributed by atoms with Crippen LogP contribution < -0.4 is 15.8 Å². The number of ether oxygens (including phenoxy) is 1. The van der Waals surface area contributed by atoms with Gasteiger partial charge in [0.25, 0.3) is 0 Å². The van der Waals surface area contributed by atoms with Crippen molar-refractivity contribution in [3.63, 3.8) is 0 Å². The number of nitrogens with zero attached hydrogens (tertiary/aromatic N) is 1. The van der Waals surface area contributed by atoms with Gasteiger partial charge in [-0.15, -0.1) is 0 Å². The topological polar surface area (TPSA) is 60.2 Å². The van der Waals surface area contributed by atoms with Crippen molar-refractivity contribution in [1.29, 1.82) is 0 Å². The van der Waals surface area contributed by atoms with Crippen LogP contribution in [0.5, 0.6) is 5.75 Å². The standard InChI is InChI=1S/C13H23N3OS/c1-9-4-3-5-10(8-9)6-7-15-13-11(17-2)12(14)16-18-13/h9-10,15H,3-8H2,1-2H3,(H2,14,16). The predicted molar refractivity (Wildman–Crippen MR) is 77.3 cm³/mol. The van der Waals surface area contributed by atoms with E-state index in [1.807, 2.05) is 0 Å². The summed E-state index contributed by atoms with van der Waals surface area (Å²) in [6, 6.07) is 0. The highest BCUT2D eigenvalue weighted by atomic mass is 32.1. The molecule has 4 nitrogen and oxygen atoms in total.